The summed E-state index contributed by atoms with van der Waals surface area (Å²) in [6, 6.07) is 6.41. The van der Waals surface area contributed by atoms with Gasteiger partial charge in [-0.2, -0.15) is 0 Å². The Morgan fingerprint density at radius 2 is 2.14 bits per heavy atom. The fourth-order valence-electron chi connectivity index (χ4n) is 3.45. The molecule has 3 heteroatoms. The smallest absolute Gasteiger partial charge is 0.0804 e. The number of hydrogen-bond donors (Lipinski definition) is 3. The van der Waals surface area contributed by atoms with Crippen molar-refractivity contribution in [3.05, 3.63) is 59.2 Å². The van der Waals surface area contributed by atoms with Crippen LogP contribution in [0.2, 0.25) is 0 Å². The standard InChI is InChI=1S/C19H24N2O/c1-12-9-10-15(18(22)11-12)13(2)21-17-8-4-6-14-5-3-7-16(20)19(14)17/h3-7,9-11,13,15,17-18,21-22H,8,20H2,1-2H3. The molecule has 0 bridgehead atoms. The first-order valence-corrected chi connectivity index (χ1v) is 7.92. The molecule has 0 fully saturated rings. The summed E-state index contributed by atoms with van der Waals surface area (Å²) in [6.07, 6.45) is 10.9. The van der Waals surface area contributed by atoms with E-state index in [0.29, 0.717) is 0 Å². The summed E-state index contributed by atoms with van der Waals surface area (Å²) >= 11 is 0. The number of aliphatic hydroxyl groups excluding tert-OH is 1. The fraction of sp³-hybridized carbons (Fsp3) is 0.368. The van der Waals surface area contributed by atoms with Crippen LogP contribution in [0.5, 0.6) is 0 Å². The van der Waals surface area contributed by atoms with E-state index < -0.39 is 6.10 Å². The lowest BCUT2D eigenvalue weighted by Crippen LogP contribution is -2.41. The summed E-state index contributed by atoms with van der Waals surface area (Å²) in [5.41, 5.74) is 10.5. The Kier molecular flexibility index (Phi) is 4.19. The number of allylic oxidation sites excluding steroid dienone is 2. The van der Waals surface area contributed by atoms with Crippen LogP contribution in [0.1, 0.15) is 37.4 Å². The maximum Gasteiger partial charge on any atom is 0.0804 e. The molecule has 0 aliphatic heterocycles. The van der Waals surface area contributed by atoms with Gasteiger partial charge in [-0.05, 0) is 37.5 Å². The van der Waals surface area contributed by atoms with Crippen LogP contribution < -0.4 is 11.1 Å². The van der Waals surface area contributed by atoms with E-state index in [9.17, 15) is 5.11 Å². The molecule has 0 aromatic heterocycles. The number of nitrogens with two attached hydrogens (primary N) is 1. The summed E-state index contributed by atoms with van der Waals surface area (Å²) < 4.78 is 0. The highest BCUT2D eigenvalue weighted by Gasteiger charge is 2.27. The van der Waals surface area contributed by atoms with E-state index in [0.717, 1.165) is 17.7 Å². The van der Waals surface area contributed by atoms with Gasteiger partial charge in [-0.15, -0.1) is 0 Å². The summed E-state index contributed by atoms with van der Waals surface area (Å²) in [4.78, 5) is 0. The number of aliphatic hydroxyl groups is 1. The Bertz CT molecular complexity index is 645. The number of nitrogen functional groups attached to an aromatic ring is 1. The van der Waals surface area contributed by atoms with E-state index in [1.165, 1.54) is 11.1 Å². The fourth-order valence-corrected chi connectivity index (χ4v) is 3.45. The van der Waals surface area contributed by atoms with Gasteiger partial charge in [0.25, 0.3) is 0 Å². The third-order valence-electron chi connectivity index (χ3n) is 4.64. The molecule has 22 heavy (non-hydrogen) atoms. The van der Waals surface area contributed by atoms with Crippen molar-refractivity contribution in [2.45, 2.75) is 38.5 Å². The van der Waals surface area contributed by atoms with Crippen molar-refractivity contribution in [2.24, 2.45) is 5.92 Å². The second-order valence-electron chi connectivity index (χ2n) is 6.33. The lowest BCUT2D eigenvalue weighted by Gasteiger charge is -2.33. The molecule has 4 N–H and O–H groups in total. The molecular formula is C19H24N2O. The van der Waals surface area contributed by atoms with Crippen molar-refractivity contribution in [3.63, 3.8) is 0 Å². The van der Waals surface area contributed by atoms with Crippen molar-refractivity contribution in [1.29, 1.82) is 0 Å². The third-order valence-corrected chi connectivity index (χ3v) is 4.64. The first-order chi connectivity index (χ1) is 10.6. The van der Waals surface area contributed by atoms with E-state index in [1.807, 2.05) is 25.1 Å². The zero-order chi connectivity index (χ0) is 15.7. The monoisotopic (exact) mass is 296 g/mol. The molecule has 2 aliphatic carbocycles. The lowest BCUT2D eigenvalue weighted by molar-refractivity contribution is 0.149. The molecule has 1 aromatic rings. The van der Waals surface area contributed by atoms with Gasteiger partial charge in [0.15, 0.2) is 0 Å². The Hall–Kier alpha value is -1.84. The van der Waals surface area contributed by atoms with Crippen LogP contribution >= 0.6 is 0 Å². The molecule has 4 unspecified atom stereocenters. The number of hydrogen-bond acceptors (Lipinski definition) is 3. The van der Waals surface area contributed by atoms with Crippen molar-refractivity contribution >= 4 is 11.8 Å². The molecule has 1 aromatic carbocycles. The van der Waals surface area contributed by atoms with Crippen molar-refractivity contribution in [1.82, 2.24) is 5.32 Å². The van der Waals surface area contributed by atoms with E-state index in [-0.39, 0.29) is 18.0 Å². The summed E-state index contributed by atoms with van der Waals surface area (Å²) in [5.74, 6) is 0.0861. The number of benzene rings is 1. The number of anilines is 1. The minimum Gasteiger partial charge on any atom is -0.398 e. The van der Waals surface area contributed by atoms with E-state index >= 15 is 0 Å². The normalized spacial score (nSPS) is 28.1. The maximum absolute atomic E-state index is 10.3. The topological polar surface area (TPSA) is 58.3 Å². The molecule has 3 nitrogen and oxygen atoms in total. The second-order valence-corrected chi connectivity index (χ2v) is 6.33. The van der Waals surface area contributed by atoms with Gasteiger partial charge in [0.1, 0.15) is 0 Å². The van der Waals surface area contributed by atoms with E-state index in [4.69, 9.17) is 5.73 Å². The number of nitrogens with one attached hydrogen (secondary N) is 1. The molecule has 0 heterocycles. The Labute approximate surface area is 132 Å². The molecule has 2 aliphatic rings. The van der Waals surface area contributed by atoms with Gasteiger partial charge in [0.05, 0.1) is 6.10 Å². The van der Waals surface area contributed by atoms with Gasteiger partial charge in [-0.1, -0.05) is 48.1 Å². The zero-order valence-corrected chi connectivity index (χ0v) is 13.2. The van der Waals surface area contributed by atoms with Crippen LogP contribution in [0.15, 0.2) is 48.1 Å². The third kappa shape index (κ3) is 2.87. The van der Waals surface area contributed by atoms with E-state index in [1.54, 1.807) is 0 Å². The SMILES string of the molecule is CC1=CC(O)C(C(C)NC2CC=Cc3cccc(N)c32)C=C1. The van der Waals surface area contributed by atoms with Crippen LogP contribution in [0.25, 0.3) is 6.08 Å². The van der Waals surface area contributed by atoms with Crippen LogP contribution in [0, 0.1) is 5.92 Å². The highest BCUT2D eigenvalue weighted by atomic mass is 16.3. The summed E-state index contributed by atoms with van der Waals surface area (Å²) in [6.45, 7) is 4.14. The molecule has 0 saturated heterocycles. The molecule has 4 atom stereocenters. The first kappa shape index (κ1) is 15.1. The van der Waals surface area contributed by atoms with Gasteiger partial charge in [-0.3, -0.25) is 0 Å². The van der Waals surface area contributed by atoms with Crippen molar-refractivity contribution < 1.29 is 5.11 Å². The molecule has 3 rings (SSSR count). The van der Waals surface area contributed by atoms with Crippen LogP contribution in [-0.2, 0) is 0 Å². The van der Waals surface area contributed by atoms with Crippen molar-refractivity contribution in [3.8, 4) is 0 Å². The predicted octanol–water partition coefficient (Wildman–Crippen LogP) is 3.20. The average molecular weight is 296 g/mol. The average Bonchev–Trinajstić information content (AvgIpc) is 2.47. The molecule has 0 amide bonds. The predicted molar refractivity (Wildman–Crippen MR) is 92.2 cm³/mol. The Morgan fingerprint density at radius 3 is 2.91 bits per heavy atom. The van der Waals surface area contributed by atoms with Crippen LogP contribution in [0.3, 0.4) is 0 Å². The molecule has 116 valence electrons. The molecule has 0 saturated carbocycles. The van der Waals surface area contributed by atoms with Gasteiger partial charge in [0.2, 0.25) is 0 Å². The quantitative estimate of drug-likeness (QED) is 0.751. The van der Waals surface area contributed by atoms with Gasteiger partial charge < -0.3 is 16.2 Å². The van der Waals surface area contributed by atoms with Gasteiger partial charge >= 0.3 is 0 Å². The Balaban J connectivity index is 1.78. The van der Waals surface area contributed by atoms with Gasteiger partial charge in [-0.25, -0.2) is 0 Å². The van der Waals surface area contributed by atoms with Crippen LogP contribution in [0.4, 0.5) is 5.69 Å². The lowest BCUT2D eigenvalue weighted by atomic mass is 9.86. The minimum atomic E-state index is -0.431. The minimum absolute atomic E-state index is 0.0861. The largest absolute Gasteiger partial charge is 0.398 e. The Morgan fingerprint density at radius 1 is 1.32 bits per heavy atom. The molecule has 0 radical (unpaired) electrons. The number of rotatable bonds is 3. The zero-order valence-electron chi connectivity index (χ0n) is 13.2. The highest BCUT2D eigenvalue weighted by Crippen LogP contribution is 2.33. The second kappa shape index (κ2) is 6.11. The highest BCUT2D eigenvalue weighted by molar-refractivity contribution is 5.66. The van der Waals surface area contributed by atoms with Gasteiger partial charge in [0, 0.05) is 23.7 Å². The van der Waals surface area contributed by atoms with Crippen molar-refractivity contribution in [2.75, 3.05) is 5.73 Å². The molecule has 0 spiro atoms. The first-order valence-electron chi connectivity index (χ1n) is 7.92. The maximum atomic E-state index is 10.3. The summed E-state index contributed by atoms with van der Waals surface area (Å²) in [5, 5.41) is 13.9. The number of fused-ring (bicyclic) bond motifs is 1. The molecular weight excluding hydrogens is 272 g/mol. The summed E-state index contributed by atoms with van der Waals surface area (Å²) in [7, 11) is 0. The van der Waals surface area contributed by atoms with Crippen LogP contribution in [-0.4, -0.2) is 17.3 Å². The van der Waals surface area contributed by atoms with E-state index in [2.05, 4.69) is 42.6 Å².